The molecular formula is C20H22ClF3N2O. The molecule has 7 heteroatoms. The van der Waals surface area contributed by atoms with E-state index in [1.165, 1.54) is 12.1 Å². The zero-order valence-corrected chi connectivity index (χ0v) is 15.4. The lowest BCUT2D eigenvalue weighted by Crippen LogP contribution is -2.34. The molecule has 0 saturated heterocycles. The smallest absolute Gasteiger partial charge is 0.396 e. The summed E-state index contributed by atoms with van der Waals surface area (Å²) in [5.41, 5.74) is 8.55. The molecule has 0 bridgehead atoms. The fourth-order valence-electron chi connectivity index (χ4n) is 3.53. The van der Waals surface area contributed by atoms with Gasteiger partial charge in [0.15, 0.2) is 0 Å². The Morgan fingerprint density at radius 2 is 1.89 bits per heavy atom. The van der Waals surface area contributed by atoms with Crippen LogP contribution in [0.2, 0.25) is 0 Å². The fraction of sp³-hybridized carbons (Fsp3) is 0.350. The number of hydrogen-bond donors (Lipinski definition) is 2. The standard InChI is InChI=1S/C20H21F3N2O.ClH/c21-20(22,23)17(13-5-2-1-3-6-13)12-19(26)25-18-8-4-7-14-11-15(24)9-10-16(14)18;/h1-3,5-6,9-11,17-18H,4,7-8,12,24H2,(H,25,26);1H. The highest BCUT2D eigenvalue weighted by atomic mass is 35.5. The van der Waals surface area contributed by atoms with Crippen LogP contribution in [-0.4, -0.2) is 12.1 Å². The van der Waals surface area contributed by atoms with Crippen molar-refractivity contribution in [2.75, 3.05) is 5.73 Å². The van der Waals surface area contributed by atoms with Gasteiger partial charge in [0, 0.05) is 12.1 Å². The number of nitrogen functional groups attached to an aromatic ring is 1. The number of rotatable bonds is 4. The number of carbonyl (C=O) groups excluding carboxylic acids is 1. The molecule has 0 spiro atoms. The van der Waals surface area contributed by atoms with E-state index in [1.807, 2.05) is 12.1 Å². The van der Waals surface area contributed by atoms with Crippen molar-refractivity contribution in [3.05, 3.63) is 65.2 Å². The Balaban J connectivity index is 0.00000261. The van der Waals surface area contributed by atoms with Crippen molar-refractivity contribution in [2.45, 2.75) is 43.8 Å². The SMILES string of the molecule is Cl.Nc1ccc2c(c1)CCCC2NC(=O)CC(c1ccccc1)C(F)(F)F. The van der Waals surface area contributed by atoms with E-state index in [9.17, 15) is 18.0 Å². The van der Waals surface area contributed by atoms with Crippen molar-refractivity contribution in [1.82, 2.24) is 5.32 Å². The van der Waals surface area contributed by atoms with E-state index in [2.05, 4.69) is 5.32 Å². The second-order valence-electron chi connectivity index (χ2n) is 6.68. The molecule has 2 aromatic rings. The van der Waals surface area contributed by atoms with Crippen LogP contribution in [0.3, 0.4) is 0 Å². The van der Waals surface area contributed by atoms with Crippen LogP contribution in [-0.2, 0) is 11.2 Å². The third-order valence-electron chi connectivity index (χ3n) is 4.80. The number of halogens is 4. The van der Waals surface area contributed by atoms with Crippen molar-refractivity contribution >= 4 is 24.0 Å². The van der Waals surface area contributed by atoms with Crippen LogP contribution in [0.4, 0.5) is 18.9 Å². The number of hydrogen-bond acceptors (Lipinski definition) is 2. The maximum atomic E-state index is 13.4. The second-order valence-corrected chi connectivity index (χ2v) is 6.68. The Bertz CT molecular complexity index is 781. The van der Waals surface area contributed by atoms with Crippen LogP contribution >= 0.6 is 12.4 Å². The normalized spacial score (nSPS) is 17.4. The highest BCUT2D eigenvalue weighted by Gasteiger charge is 2.42. The molecule has 1 aliphatic carbocycles. The minimum Gasteiger partial charge on any atom is -0.399 e. The molecule has 27 heavy (non-hydrogen) atoms. The van der Waals surface area contributed by atoms with Gasteiger partial charge >= 0.3 is 6.18 Å². The van der Waals surface area contributed by atoms with Crippen molar-refractivity contribution in [3.8, 4) is 0 Å². The topological polar surface area (TPSA) is 55.1 Å². The molecule has 3 rings (SSSR count). The maximum absolute atomic E-state index is 13.4. The van der Waals surface area contributed by atoms with Crippen LogP contribution in [0.15, 0.2) is 48.5 Å². The van der Waals surface area contributed by atoms with Gasteiger partial charge in [-0.05, 0) is 48.1 Å². The summed E-state index contributed by atoms with van der Waals surface area (Å²) in [6.07, 6.45) is -2.65. The largest absolute Gasteiger partial charge is 0.399 e. The molecule has 0 radical (unpaired) electrons. The fourth-order valence-corrected chi connectivity index (χ4v) is 3.53. The first-order valence-electron chi connectivity index (χ1n) is 8.64. The predicted molar refractivity (Wildman–Crippen MR) is 102 cm³/mol. The maximum Gasteiger partial charge on any atom is 0.396 e. The van der Waals surface area contributed by atoms with Crippen LogP contribution in [0, 0.1) is 0 Å². The Morgan fingerprint density at radius 1 is 1.19 bits per heavy atom. The number of alkyl halides is 3. The highest BCUT2D eigenvalue weighted by molar-refractivity contribution is 5.85. The van der Waals surface area contributed by atoms with Crippen molar-refractivity contribution in [1.29, 1.82) is 0 Å². The summed E-state index contributed by atoms with van der Waals surface area (Å²) in [5, 5.41) is 2.79. The van der Waals surface area contributed by atoms with E-state index in [1.54, 1.807) is 24.3 Å². The first-order valence-corrected chi connectivity index (χ1v) is 8.64. The highest BCUT2D eigenvalue weighted by Crippen LogP contribution is 2.38. The Hall–Kier alpha value is -2.21. The van der Waals surface area contributed by atoms with Crippen LogP contribution in [0.5, 0.6) is 0 Å². The number of nitrogens with one attached hydrogen (secondary N) is 1. The molecule has 0 fully saturated rings. The van der Waals surface area contributed by atoms with Crippen molar-refractivity contribution in [3.63, 3.8) is 0 Å². The van der Waals surface area contributed by atoms with Crippen LogP contribution in [0.25, 0.3) is 0 Å². The van der Waals surface area contributed by atoms with E-state index in [0.717, 1.165) is 24.0 Å². The molecule has 0 saturated carbocycles. The van der Waals surface area contributed by atoms with E-state index in [0.29, 0.717) is 12.1 Å². The summed E-state index contributed by atoms with van der Waals surface area (Å²) < 4.78 is 40.3. The van der Waals surface area contributed by atoms with E-state index >= 15 is 0 Å². The van der Waals surface area contributed by atoms with E-state index in [4.69, 9.17) is 5.73 Å². The number of nitrogens with two attached hydrogens (primary N) is 1. The Kier molecular flexibility index (Phi) is 6.76. The van der Waals surface area contributed by atoms with Gasteiger partial charge in [-0.25, -0.2) is 0 Å². The third kappa shape index (κ3) is 5.16. The number of aryl methyl sites for hydroxylation is 1. The molecule has 0 heterocycles. The molecule has 2 unspecified atom stereocenters. The van der Waals surface area contributed by atoms with Gasteiger partial charge in [0.05, 0.1) is 12.0 Å². The minimum atomic E-state index is -4.47. The second kappa shape index (κ2) is 8.65. The number of amides is 1. The zero-order chi connectivity index (χ0) is 18.7. The molecule has 1 aliphatic rings. The Morgan fingerprint density at radius 3 is 2.56 bits per heavy atom. The monoisotopic (exact) mass is 398 g/mol. The quantitative estimate of drug-likeness (QED) is 0.718. The molecule has 146 valence electrons. The van der Waals surface area contributed by atoms with Crippen molar-refractivity contribution < 1.29 is 18.0 Å². The minimum absolute atomic E-state index is 0. The van der Waals surface area contributed by atoms with Crippen LogP contribution in [0.1, 0.15) is 47.9 Å². The summed E-state index contributed by atoms with van der Waals surface area (Å²) >= 11 is 0. The molecule has 0 aliphatic heterocycles. The van der Waals surface area contributed by atoms with Gasteiger partial charge in [0.2, 0.25) is 5.91 Å². The van der Waals surface area contributed by atoms with Gasteiger partial charge in [0.1, 0.15) is 0 Å². The van der Waals surface area contributed by atoms with Gasteiger partial charge < -0.3 is 11.1 Å². The average Bonchev–Trinajstić information content (AvgIpc) is 2.59. The number of benzene rings is 2. The lowest BCUT2D eigenvalue weighted by Gasteiger charge is -2.28. The Labute approximate surface area is 162 Å². The van der Waals surface area contributed by atoms with E-state index < -0.39 is 24.4 Å². The van der Waals surface area contributed by atoms with Crippen LogP contribution < -0.4 is 11.1 Å². The molecular weight excluding hydrogens is 377 g/mol. The molecule has 0 aromatic heterocycles. The number of fused-ring (bicyclic) bond motifs is 1. The zero-order valence-electron chi connectivity index (χ0n) is 14.6. The lowest BCUT2D eigenvalue weighted by molar-refractivity contribution is -0.157. The molecule has 2 aromatic carbocycles. The summed E-state index contributed by atoms with van der Waals surface area (Å²) in [6, 6.07) is 12.8. The summed E-state index contributed by atoms with van der Waals surface area (Å²) in [6.45, 7) is 0. The summed E-state index contributed by atoms with van der Waals surface area (Å²) in [4.78, 5) is 12.4. The van der Waals surface area contributed by atoms with Gasteiger partial charge in [-0.15, -0.1) is 12.4 Å². The van der Waals surface area contributed by atoms with Gasteiger partial charge in [-0.3, -0.25) is 4.79 Å². The summed E-state index contributed by atoms with van der Waals surface area (Å²) in [7, 11) is 0. The molecule has 2 atom stereocenters. The molecule has 1 amide bonds. The number of carbonyl (C=O) groups is 1. The first kappa shape index (κ1) is 21.1. The van der Waals surface area contributed by atoms with Gasteiger partial charge in [0.25, 0.3) is 0 Å². The molecule has 3 nitrogen and oxygen atoms in total. The van der Waals surface area contributed by atoms with Gasteiger partial charge in [-0.2, -0.15) is 13.2 Å². The van der Waals surface area contributed by atoms with Crippen molar-refractivity contribution in [2.24, 2.45) is 0 Å². The number of anilines is 1. The lowest BCUT2D eigenvalue weighted by atomic mass is 9.87. The average molecular weight is 399 g/mol. The third-order valence-corrected chi connectivity index (χ3v) is 4.80. The summed E-state index contributed by atoms with van der Waals surface area (Å²) in [5.74, 6) is -2.40. The predicted octanol–water partition coefficient (Wildman–Crippen LogP) is 4.92. The van der Waals surface area contributed by atoms with E-state index in [-0.39, 0.29) is 24.0 Å². The first-order chi connectivity index (χ1) is 12.3. The van der Waals surface area contributed by atoms with Gasteiger partial charge in [-0.1, -0.05) is 36.4 Å². The molecule has 3 N–H and O–H groups in total.